The zero-order valence-corrected chi connectivity index (χ0v) is 10.9. The van der Waals surface area contributed by atoms with E-state index in [0.29, 0.717) is 11.6 Å². The van der Waals surface area contributed by atoms with Gasteiger partial charge in [-0.1, -0.05) is 0 Å². The first-order valence-electron chi connectivity index (χ1n) is 6.84. The number of benzene rings is 1. The average Bonchev–Trinajstić information content (AvgIpc) is 2.47. The van der Waals surface area contributed by atoms with E-state index in [2.05, 4.69) is 15.5 Å². The maximum atomic E-state index is 11.1. The standard InChI is InChI=1S/C14H19N3O2/c18-14(19)10-1-2-12-13(9-10)17(8-7-16-12)11-3-5-15-6-4-11/h1-2,9,11,15-16H,3-8H2,(H,18,19). The Balaban J connectivity index is 1.92. The highest BCUT2D eigenvalue weighted by Gasteiger charge is 2.26. The molecule has 0 spiro atoms. The number of fused-ring (bicyclic) bond motifs is 1. The molecule has 3 N–H and O–H groups in total. The van der Waals surface area contributed by atoms with Gasteiger partial charge in [-0.3, -0.25) is 0 Å². The summed E-state index contributed by atoms with van der Waals surface area (Å²) in [6.45, 7) is 3.95. The van der Waals surface area contributed by atoms with E-state index < -0.39 is 5.97 Å². The lowest BCUT2D eigenvalue weighted by molar-refractivity contribution is 0.0697. The molecule has 0 unspecified atom stereocenters. The first-order valence-corrected chi connectivity index (χ1v) is 6.84. The summed E-state index contributed by atoms with van der Waals surface area (Å²) >= 11 is 0. The summed E-state index contributed by atoms with van der Waals surface area (Å²) in [5.74, 6) is -0.862. The number of rotatable bonds is 2. The van der Waals surface area contributed by atoms with Crippen molar-refractivity contribution in [3.05, 3.63) is 23.8 Å². The quantitative estimate of drug-likeness (QED) is 0.750. The Labute approximate surface area is 112 Å². The number of aromatic carboxylic acids is 1. The van der Waals surface area contributed by atoms with Crippen LogP contribution >= 0.6 is 0 Å². The number of hydrogen-bond donors (Lipinski definition) is 3. The van der Waals surface area contributed by atoms with Crippen molar-refractivity contribution < 1.29 is 9.90 Å². The second-order valence-corrected chi connectivity index (χ2v) is 5.14. The number of anilines is 2. The van der Waals surface area contributed by atoms with E-state index in [0.717, 1.165) is 50.4 Å². The molecule has 19 heavy (non-hydrogen) atoms. The SMILES string of the molecule is O=C(O)c1ccc2c(c1)N(C1CCNCC1)CCN2. The maximum absolute atomic E-state index is 11.1. The lowest BCUT2D eigenvalue weighted by Gasteiger charge is -2.40. The number of nitrogens with one attached hydrogen (secondary N) is 2. The van der Waals surface area contributed by atoms with Crippen LogP contribution in [0.2, 0.25) is 0 Å². The molecule has 0 radical (unpaired) electrons. The Morgan fingerprint density at radius 2 is 2.05 bits per heavy atom. The van der Waals surface area contributed by atoms with Crippen LogP contribution < -0.4 is 15.5 Å². The van der Waals surface area contributed by atoms with Crippen LogP contribution in [-0.2, 0) is 0 Å². The Hall–Kier alpha value is -1.75. The van der Waals surface area contributed by atoms with Crippen LogP contribution in [-0.4, -0.2) is 43.3 Å². The molecule has 5 nitrogen and oxygen atoms in total. The highest BCUT2D eigenvalue weighted by Crippen LogP contribution is 2.33. The lowest BCUT2D eigenvalue weighted by Crippen LogP contribution is -2.47. The smallest absolute Gasteiger partial charge is 0.335 e. The molecule has 5 heteroatoms. The first kappa shape index (κ1) is 12.3. The fourth-order valence-electron chi connectivity index (χ4n) is 2.98. The zero-order chi connectivity index (χ0) is 13.2. The highest BCUT2D eigenvalue weighted by molar-refractivity contribution is 5.91. The molecule has 0 amide bonds. The summed E-state index contributed by atoms with van der Waals surface area (Å²) in [6, 6.07) is 5.86. The minimum Gasteiger partial charge on any atom is -0.478 e. The number of nitrogens with zero attached hydrogens (tertiary/aromatic N) is 1. The predicted octanol–water partition coefficient (Wildman–Crippen LogP) is 1.37. The van der Waals surface area contributed by atoms with Crippen molar-refractivity contribution in [3.8, 4) is 0 Å². The number of carboxylic acid groups (broad SMARTS) is 1. The van der Waals surface area contributed by atoms with E-state index in [1.807, 2.05) is 6.07 Å². The van der Waals surface area contributed by atoms with E-state index in [1.54, 1.807) is 12.1 Å². The van der Waals surface area contributed by atoms with Crippen LogP contribution in [0.4, 0.5) is 11.4 Å². The van der Waals surface area contributed by atoms with Crippen molar-refractivity contribution in [2.24, 2.45) is 0 Å². The lowest BCUT2D eigenvalue weighted by atomic mass is 10.0. The molecule has 3 rings (SSSR count). The van der Waals surface area contributed by atoms with Crippen LogP contribution in [0, 0.1) is 0 Å². The molecule has 1 aromatic rings. The third-order valence-corrected chi connectivity index (χ3v) is 3.97. The number of carbonyl (C=O) groups is 1. The van der Waals surface area contributed by atoms with Crippen LogP contribution in [0.15, 0.2) is 18.2 Å². The Morgan fingerprint density at radius 1 is 1.26 bits per heavy atom. The first-order chi connectivity index (χ1) is 9.25. The van der Waals surface area contributed by atoms with E-state index in [1.165, 1.54) is 0 Å². The molecule has 2 aliphatic heterocycles. The molecule has 2 aliphatic rings. The van der Waals surface area contributed by atoms with Gasteiger partial charge >= 0.3 is 5.97 Å². The molecular formula is C14H19N3O2. The Kier molecular flexibility index (Phi) is 3.29. The van der Waals surface area contributed by atoms with Crippen molar-refractivity contribution in [3.63, 3.8) is 0 Å². The monoisotopic (exact) mass is 261 g/mol. The van der Waals surface area contributed by atoms with E-state index in [4.69, 9.17) is 5.11 Å². The van der Waals surface area contributed by atoms with Gasteiger partial charge in [0.25, 0.3) is 0 Å². The number of hydrogen-bond acceptors (Lipinski definition) is 4. The van der Waals surface area contributed by atoms with Gasteiger partial charge in [0.15, 0.2) is 0 Å². The van der Waals surface area contributed by atoms with Gasteiger partial charge < -0.3 is 20.6 Å². The third kappa shape index (κ3) is 2.38. The Bertz CT molecular complexity index is 484. The van der Waals surface area contributed by atoms with Crippen LogP contribution in [0.1, 0.15) is 23.2 Å². The predicted molar refractivity (Wildman–Crippen MR) is 75.1 cm³/mol. The molecule has 2 heterocycles. The molecule has 0 atom stereocenters. The molecule has 0 bridgehead atoms. The van der Waals surface area contributed by atoms with Gasteiger partial charge in [-0.2, -0.15) is 0 Å². The molecule has 0 saturated carbocycles. The summed E-state index contributed by atoms with van der Waals surface area (Å²) in [5.41, 5.74) is 2.45. The zero-order valence-electron chi connectivity index (χ0n) is 10.9. The highest BCUT2D eigenvalue weighted by atomic mass is 16.4. The summed E-state index contributed by atoms with van der Waals surface area (Å²) < 4.78 is 0. The second-order valence-electron chi connectivity index (χ2n) is 5.14. The topological polar surface area (TPSA) is 64.6 Å². The summed E-state index contributed by atoms with van der Waals surface area (Å²) in [7, 11) is 0. The van der Waals surface area contributed by atoms with Crippen molar-refractivity contribution in [2.45, 2.75) is 18.9 Å². The van der Waals surface area contributed by atoms with Crippen LogP contribution in [0.3, 0.4) is 0 Å². The number of piperidine rings is 1. The molecular weight excluding hydrogens is 242 g/mol. The second kappa shape index (κ2) is 5.09. The molecule has 0 aromatic heterocycles. The minimum atomic E-state index is -0.862. The normalized spacial score (nSPS) is 19.7. The molecule has 1 saturated heterocycles. The van der Waals surface area contributed by atoms with Crippen LogP contribution in [0.25, 0.3) is 0 Å². The van der Waals surface area contributed by atoms with Gasteiger partial charge in [0.1, 0.15) is 0 Å². The molecule has 1 aromatic carbocycles. The maximum Gasteiger partial charge on any atom is 0.335 e. The van der Waals surface area contributed by atoms with Crippen molar-refractivity contribution in [1.29, 1.82) is 0 Å². The fraction of sp³-hybridized carbons (Fsp3) is 0.500. The van der Waals surface area contributed by atoms with E-state index in [-0.39, 0.29) is 0 Å². The van der Waals surface area contributed by atoms with E-state index in [9.17, 15) is 4.79 Å². The molecule has 0 aliphatic carbocycles. The largest absolute Gasteiger partial charge is 0.478 e. The van der Waals surface area contributed by atoms with Gasteiger partial charge in [0, 0.05) is 19.1 Å². The summed E-state index contributed by atoms with van der Waals surface area (Å²) in [6.07, 6.45) is 2.24. The van der Waals surface area contributed by atoms with Crippen molar-refractivity contribution in [1.82, 2.24) is 5.32 Å². The van der Waals surface area contributed by atoms with Gasteiger partial charge in [0.05, 0.1) is 16.9 Å². The summed E-state index contributed by atoms with van der Waals surface area (Å²) in [4.78, 5) is 13.5. The summed E-state index contributed by atoms with van der Waals surface area (Å²) in [5, 5.41) is 15.9. The Morgan fingerprint density at radius 3 is 2.79 bits per heavy atom. The van der Waals surface area contributed by atoms with Gasteiger partial charge in [-0.15, -0.1) is 0 Å². The third-order valence-electron chi connectivity index (χ3n) is 3.97. The molecule has 1 fully saturated rings. The van der Waals surface area contributed by atoms with Gasteiger partial charge in [-0.25, -0.2) is 4.79 Å². The van der Waals surface area contributed by atoms with Crippen molar-refractivity contribution in [2.75, 3.05) is 36.4 Å². The molecule has 102 valence electrons. The minimum absolute atomic E-state index is 0.362. The van der Waals surface area contributed by atoms with Gasteiger partial charge in [-0.05, 0) is 44.1 Å². The fourth-order valence-corrected chi connectivity index (χ4v) is 2.98. The van der Waals surface area contributed by atoms with E-state index >= 15 is 0 Å². The van der Waals surface area contributed by atoms with Crippen molar-refractivity contribution >= 4 is 17.3 Å². The van der Waals surface area contributed by atoms with Crippen LogP contribution in [0.5, 0.6) is 0 Å². The van der Waals surface area contributed by atoms with Gasteiger partial charge in [0.2, 0.25) is 0 Å². The average molecular weight is 261 g/mol. The number of carboxylic acids is 1.